The van der Waals surface area contributed by atoms with Crippen LogP contribution in [0.2, 0.25) is 10.3 Å². The molecule has 1 heterocycles. The Balaban J connectivity index is 2.48. The molecule has 0 amide bonds. The first kappa shape index (κ1) is 13.7. The van der Waals surface area contributed by atoms with Gasteiger partial charge in [-0.1, -0.05) is 53.0 Å². The third-order valence-corrected chi connectivity index (χ3v) is 3.57. The molecule has 2 nitrogen and oxygen atoms in total. The second kappa shape index (κ2) is 5.91. The monoisotopic (exact) mass is 298 g/mol. The van der Waals surface area contributed by atoms with Crippen LogP contribution in [-0.4, -0.2) is 16.2 Å². The largest absolute Gasteiger partial charge is 0.220 e. The van der Waals surface area contributed by atoms with E-state index in [0.29, 0.717) is 27.4 Å². The second-order valence-electron chi connectivity index (χ2n) is 3.90. The fraction of sp³-hybridized carbons (Fsp3) is 0.231. The van der Waals surface area contributed by atoms with Crippen molar-refractivity contribution in [2.45, 2.75) is 12.7 Å². The lowest BCUT2D eigenvalue weighted by Crippen LogP contribution is -1.97. The molecule has 5 heteroatoms. The maximum Gasteiger partial charge on any atom is 0.142 e. The average Bonchev–Trinajstić information content (AvgIpc) is 2.31. The molecule has 0 bridgehead atoms. The molecule has 2 aromatic rings. The first-order valence-corrected chi connectivity index (χ1v) is 7.54. The number of hydrogen-bond donors (Lipinski definition) is 0. The third-order valence-electron chi connectivity index (χ3n) is 2.48. The highest BCUT2D eigenvalue weighted by molar-refractivity contribution is 7.97. The number of hydrogen-bond acceptors (Lipinski definition) is 3. The minimum atomic E-state index is 0.405. The number of halogens is 2. The Morgan fingerprint density at radius 2 is 1.61 bits per heavy atom. The molecule has 0 atom stereocenters. The molecule has 0 saturated carbocycles. The van der Waals surface area contributed by atoms with Crippen molar-refractivity contribution in [3.63, 3.8) is 0 Å². The van der Waals surface area contributed by atoms with Crippen molar-refractivity contribution in [2.24, 2.45) is 0 Å². The normalized spacial score (nSPS) is 10.7. The van der Waals surface area contributed by atoms with Gasteiger partial charge in [0.15, 0.2) is 0 Å². The number of aryl methyl sites for hydroxylation is 1. The zero-order valence-corrected chi connectivity index (χ0v) is 12.4. The number of nitrogens with zero attached hydrogens (tertiary/aromatic N) is 2. The summed E-state index contributed by atoms with van der Waals surface area (Å²) in [5, 5.41) is 0.811. The lowest BCUT2D eigenvalue weighted by Gasteiger charge is -2.08. The van der Waals surface area contributed by atoms with Crippen molar-refractivity contribution < 1.29 is 0 Å². The molecular weight excluding hydrogens is 287 g/mol. The van der Waals surface area contributed by atoms with Crippen molar-refractivity contribution in [3.05, 3.63) is 46.0 Å². The smallest absolute Gasteiger partial charge is 0.142 e. The van der Waals surface area contributed by atoms with E-state index in [0.717, 1.165) is 5.56 Å². The van der Waals surface area contributed by atoms with Gasteiger partial charge in [-0.3, -0.25) is 0 Å². The average molecular weight is 299 g/mol. The van der Waals surface area contributed by atoms with Crippen LogP contribution in [0.1, 0.15) is 11.4 Å². The van der Waals surface area contributed by atoms with Crippen LogP contribution in [0.3, 0.4) is 0 Å². The van der Waals surface area contributed by atoms with Gasteiger partial charge in [-0.15, -0.1) is 0 Å². The van der Waals surface area contributed by atoms with Gasteiger partial charge in [-0.2, -0.15) is 11.8 Å². The Labute approximate surface area is 121 Å². The van der Waals surface area contributed by atoms with E-state index in [1.165, 1.54) is 5.56 Å². The van der Waals surface area contributed by atoms with Crippen LogP contribution in [-0.2, 0) is 5.75 Å². The molecule has 0 aliphatic carbocycles. The molecular formula is C13H12Cl2N2S. The van der Waals surface area contributed by atoms with Gasteiger partial charge in [0, 0.05) is 0 Å². The van der Waals surface area contributed by atoms with Crippen molar-refractivity contribution in [2.75, 3.05) is 6.26 Å². The summed E-state index contributed by atoms with van der Waals surface area (Å²) in [7, 11) is 0. The lowest BCUT2D eigenvalue weighted by molar-refractivity contribution is 1.04. The van der Waals surface area contributed by atoms with Gasteiger partial charge in [0.1, 0.15) is 16.1 Å². The minimum Gasteiger partial charge on any atom is -0.220 e. The second-order valence-corrected chi connectivity index (χ2v) is 5.48. The van der Waals surface area contributed by atoms with E-state index in [-0.39, 0.29) is 0 Å². The highest BCUT2D eigenvalue weighted by Gasteiger charge is 2.13. The number of benzene rings is 1. The highest BCUT2D eigenvalue weighted by Crippen LogP contribution is 2.32. The molecule has 0 N–H and O–H groups in total. The van der Waals surface area contributed by atoms with Crippen LogP contribution in [0.25, 0.3) is 11.1 Å². The quantitative estimate of drug-likeness (QED) is 0.773. The van der Waals surface area contributed by atoms with Crippen LogP contribution < -0.4 is 0 Å². The fourth-order valence-corrected chi connectivity index (χ4v) is 2.63. The molecule has 1 aromatic carbocycles. The molecule has 18 heavy (non-hydrogen) atoms. The summed E-state index contributed by atoms with van der Waals surface area (Å²) in [5.41, 5.74) is 2.82. The molecule has 2 rings (SSSR count). The molecule has 0 radical (unpaired) electrons. The number of thioether (sulfide) groups is 1. The Morgan fingerprint density at radius 3 is 2.11 bits per heavy atom. The molecule has 94 valence electrons. The summed E-state index contributed by atoms with van der Waals surface area (Å²) in [6.07, 6.45) is 1.99. The Bertz CT molecular complexity index is 532. The topological polar surface area (TPSA) is 25.8 Å². The summed E-state index contributed by atoms with van der Waals surface area (Å²) >= 11 is 14.0. The van der Waals surface area contributed by atoms with E-state index >= 15 is 0 Å². The SMILES string of the molecule is CSCc1nc(Cl)c(-c2ccc(C)cc2)c(Cl)n1. The Hall–Kier alpha value is -0.770. The first-order chi connectivity index (χ1) is 8.61. The number of aromatic nitrogens is 2. The van der Waals surface area contributed by atoms with Crippen molar-refractivity contribution in [1.29, 1.82) is 0 Å². The van der Waals surface area contributed by atoms with Gasteiger partial charge in [-0.05, 0) is 18.7 Å². The summed E-state index contributed by atoms with van der Waals surface area (Å²) < 4.78 is 0. The van der Waals surface area contributed by atoms with Gasteiger partial charge in [0.2, 0.25) is 0 Å². The van der Waals surface area contributed by atoms with Crippen LogP contribution in [0.5, 0.6) is 0 Å². The summed E-state index contributed by atoms with van der Waals surface area (Å²) in [6.45, 7) is 2.03. The van der Waals surface area contributed by atoms with E-state index < -0.39 is 0 Å². The van der Waals surface area contributed by atoms with Gasteiger partial charge < -0.3 is 0 Å². The minimum absolute atomic E-state index is 0.405. The predicted octanol–water partition coefficient (Wildman–Crippen LogP) is 4.62. The van der Waals surface area contributed by atoms with Crippen LogP contribution in [0.15, 0.2) is 24.3 Å². The summed E-state index contributed by atoms with van der Waals surface area (Å²) in [6, 6.07) is 7.97. The van der Waals surface area contributed by atoms with E-state index in [1.807, 2.05) is 37.4 Å². The zero-order valence-electron chi connectivity index (χ0n) is 10.1. The predicted molar refractivity (Wildman–Crippen MR) is 79.4 cm³/mol. The third kappa shape index (κ3) is 2.97. The van der Waals surface area contributed by atoms with Crippen molar-refractivity contribution in [3.8, 4) is 11.1 Å². The maximum absolute atomic E-state index is 6.20. The summed E-state index contributed by atoms with van der Waals surface area (Å²) in [5.74, 6) is 1.36. The van der Waals surface area contributed by atoms with Crippen LogP contribution in [0, 0.1) is 6.92 Å². The summed E-state index contributed by atoms with van der Waals surface area (Å²) in [4.78, 5) is 8.54. The van der Waals surface area contributed by atoms with E-state index in [1.54, 1.807) is 11.8 Å². The molecule has 0 spiro atoms. The molecule has 0 saturated heterocycles. The Kier molecular flexibility index (Phi) is 4.49. The molecule has 0 fully saturated rings. The van der Waals surface area contributed by atoms with E-state index in [9.17, 15) is 0 Å². The zero-order chi connectivity index (χ0) is 13.1. The van der Waals surface area contributed by atoms with E-state index in [2.05, 4.69) is 9.97 Å². The van der Waals surface area contributed by atoms with Crippen molar-refractivity contribution in [1.82, 2.24) is 9.97 Å². The molecule has 1 aromatic heterocycles. The fourth-order valence-electron chi connectivity index (χ4n) is 1.60. The first-order valence-electron chi connectivity index (χ1n) is 5.39. The van der Waals surface area contributed by atoms with E-state index in [4.69, 9.17) is 23.2 Å². The van der Waals surface area contributed by atoms with Gasteiger partial charge in [0.25, 0.3) is 0 Å². The van der Waals surface area contributed by atoms with Gasteiger partial charge in [0.05, 0.1) is 11.3 Å². The van der Waals surface area contributed by atoms with Crippen molar-refractivity contribution >= 4 is 35.0 Å². The lowest BCUT2D eigenvalue weighted by atomic mass is 10.1. The molecule has 0 aliphatic rings. The molecule has 0 aliphatic heterocycles. The standard InChI is InChI=1S/C13H12Cl2N2S/c1-8-3-5-9(6-4-8)11-12(14)16-10(7-18-2)17-13(11)15/h3-6H,7H2,1-2H3. The van der Waals surface area contributed by atoms with Crippen LogP contribution in [0.4, 0.5) is 0 Å². The van der Waals surface area contributed by atoms with Gasteiger partial charge in [-0.25, -0.2) is 9.97 Å². The maximum atomic E-state index is 6.20. The highest BCUT2D eigenvalue weighted by atomic mass is 35.5. The Morgan fingerprint density at radius 1 is 1.06 bits per heavy atom. The molecule has 0 unspecified atom stereocenters. The van der Waals surface area contributed by atoms with Crippen LogP contribution >= 0.6 is 35.0 Å². The van der Waals surface area contributed by atoms with Gasteiger partial charge >= 0.3 is 0 Å². The number of rotatable bonds is 3.